The summed E-state index contributed by atoms with van der Waals surface area (Å²) in [5, 5.41) is 0. The van der Waals surface area contributed by atoms with Crippen LogP contribution in [-0.4, -0.2) is 27.9 Å². The van der Waals surface area contributed by atoms with Gasteiger partial charge >= 0.3 is 131 Å². The van der Waals surface area contributed by atoms with Crippen LogP contribution in [0, 0.1) is 0 Å². The molecule has 0 bridgehead atoms. The molecule has 0 aliphatic heterocycles. The summed E-state index contributed by atoms with van der Waals surface area (Å²) >= 11 is 1.23. The Hall–Kier alpha value is 0.220. The molecule has 0 aromatic heterocycles. The van der Waals surface area contributed by atoms with Crippen LogP contribution >= 0.6 is 0 Å². The van der Waals surface area contributed by atoms with E-state index in [1.54, 1.807) is 14.0 Å². The summed E-state index contributed by atoms with van der Waals surface area (Å²) in [7, 11) is 0. The average molecular weight is 381 g/mol. The molecule has 1 rings (SSSR count). The van der Waals surface area contributed by atoms with E-state index >= 15 is 0 Å². The zero-order valence-electron chi connectivity index (χ0n) is 18.8. The molecule has 0 unspecified atom stereocenters. The number of unbranched alkanes of at least 4 members (excludes halogenated alkanes) is 15. The first-order valence-electron chi connectivity index (χ1n) is 12.3. The molecule has 0 saturated heterocycles. The van der Waals surface area contributed by atoms with E-state index in [1.165, 1.54) is 144 Å². The minimum absolute atomic E-state index is 1.10. The van der Waals surface area contributed by atoms with Gasteiger partial charge in [0.15, 0.2) is 0 Å². The molecule has 150 valence electrons. The number of allylic oxidation sites excluding steroid dienone is 5. The summed E-state index contributed by atoms with van der Waals surface area (Å²) < 4.78 is 1.71. The minimum Gasteiger partial charge on any atom is -0.0654 e. The zero-order chi connectivity index (χ0) is 19.6. The van der Waals surface area contributed by atoms with Crippen LogP contribution in [0.25, 0.3) is 0 Å². The van der Waals surface area contributed by atoms with E-state index in [4.69, 9.17) is 0 Å². The fraction of sp³-hybridized carbons (Fsp3) is 0.769. The summed E-state index contributed by atoms with van der Waals surface area (Å²) in [5.74, 6) is 0. The molecule has 0 radical (unpaired) electrons. The third kappa shape index (κ3) is 13.1. The van der Waals surface area contributed by atoms with Gasteiger partial charge in [-0.1, -0.05) is 58.3 Å². The SMILES string of the molecule is C=CCC1=[C]([Na])CC=C1CCCCCCCCCCCCCCCCCC. The maximum absolute atomic E-state index is 3.93. The fourth-order valence-electron chi connectivity index (χ4n) is 4.36. The second kappa shape index (κ2) is 18.3. The smallest absolute Gasteiger partial charge is 0.0654 e. The predicted molar refractivity (Wildman–Crippen MR) is 124 cm³/mol. The summed E-state index contributed by atoms with van der Waals surface area (Å²) in [6, 6.07) is 0. The van der Waals surface area contributed by atoms with Crippen LogP contribution in [0.1, 0.15) is 129 Å². The summed E-state index contributed by atoms with van der Waals surface area (Å²) in [5.41, 5.74) is 3.31. The average Bonchev–Trinajstić information content (AvgIpc) is 3.01. The van der Waals surface area contributed by atoms with Gasteiger partial charge in [0, 0.05) is 0 Å². The van der Waals surface area contributed by atoms with Crippen LogP contribution in [-0.2, 0) is 0 Å². The monoisotopic (exact) mass is 380 g/mol. The minimum atomic E-state index is 1.10. The van der Waals surface area contributed by atoms with Crippen molar-refractivity contribution in [2.24, 2.45) is 0 Å². The van der Waals surface area contributed by atoms with Gasteiger partial charge in [0.2, 0.25) is 0 Å². The molecule has 0 atom stereocenters. The Bertz CT molecular complexity index is 429. The summed E-state index contributed by atoms with van der Waals surface area (Å²) in [4.78, 5) is 0. The van der Waals surface area contributed by atoms with Gasteiger partial charge in [-0.25, -0.2) is 0 Å². The van der Waals surface area contributed by atoms with E-state index in [2.05, 4.69) is 25.7 Å². The van der Waals surface area contributed by atoms with Gasteiger partial charge in [0.05, 0.1) is 0 Å². The zero-order valence-corrected chi connectivity index (χ0v) is 20.8. The molecule has 0 amide bonds. The van der Waals surface area contributed by atoms with Crippen LogP contribution in [0.15, 0.2) is 32.7 Å². The van der Waals surface area contributed by atoms with E-state index < -0.39 is 0 Å². The Morgan fingerprint density at radius 2 is 1.22 bits per heavy atom. The molecular weight excluding hydrogens is 335 g/mol. The molecule has 27 heavy (non-hydrogen) atoms. The molecule has 1 aliphatic carbocycles. The second-order valence-electron chi connectivity index (χ2n) is 8.74. The van der Waals surface area contributed by atoms with Crippen molar-refractivity contribution in [2.45, 2.75) is 129 Å². The Morgan fingerprint density at radius 1 is 0.778 bits per heavy atom. The van der Waals surface area contributed by atoms with Gasteiger partial charge in [0.25, 0.3) is 0 Å². The van der Waals surface area contributed by atoms with Crippen LogP contribution < -0.4 is 0 Å². The maximum atomic E-state index is 3.93. The second-order valence-corrected chi connectivity index (χ2v) is 9.95. The van der Waals surface area contributed by atoms with Crippen molar-refractivity contribution in [3.05, 3.63) is 32.7 Å². The van der Waals surface area contributed by atoms with Crippen molar-refractivity contribution in [1.82, 2.24) is 0 Å². The molecule has 1 heteroatoms. The molecule has 1 aliphatic rings. The standard InChI is InChI=1S/C26H45.Na/c1-3-5-6-7-8-9-10-11-12-13-14-15-16-17-18-19-22-26-24-20-23-25(26)21-4-2;/h4,24H,2-3,5-22H2,1H3;. The van der Waals surface area contributed by atoms with Crippen LogP contribution in [0.2, 0.25) is 0 Å². The predicted octanol–water partition coefficient (Wildman–Crippen LogP) is 8.97. The molecule has 0 aromatic rings. The molecule has 0 nitrogen and oxygen atoms in total. The first-order chi connectivity index (χ1) is 13.3. The first-order valence-corrected chi connectivity index (χ1v) is 13.3. The first kappa shape index (κ1) is 25.3. The van der Waals surface area contributed by atoms with Gasteiger partial charge in [-0.15, -0.1) is 0 Å². The van der Waals surface area contributed by atoms with Crippen molar-refractivity contribution < 1.29 is 0 Å². The van der Waals surface area contributed by atoms with E-state index in [0.717, 1.165) is 6.42 Å². The van der Waals surface area contributed by atoms with Crippen molar-refractivity contribution >= 4 is 27.9 Å². The molecule has 0 spiro atoms. The molecule has 0 heterocycles. The van der Waals surface area contributed by atoms with Gasteiger partial charge in [-0.2, -0.15) is 0 Å². The third-order valence-electron chi connectivity index (χ3n) is 6.21. The quantitative estimate of drug-likeness (QED) is 0.119. The molecular formula is C26H45Na. The summed E-state index contributed by atoms with van der Waals surface area (Å²) in [6.07, 6.45) is 31.5. The fourth-order valence-corrected chi connectivity index (χ4v) is 5.09. The Kier molecular flexibility index (Phi) is 17.1. The number of hydrogen-bond acceptors (Lipinski definition) is 0. The van der Waals surface area contributed by atoms with Crippen molar-refractivity contribution in [3.8, 4) is 0 Å². The van der Waals surface area contributed by atoms with E-state index in [1.807, 2.05) is 0 Å². The van der Waals surface area contributed by atoms with E-state index in [-0.39, 0.29) is 0 Å². The molecule has 0 saturated carbocycles. The van der Waals surface area contributed by atoms with E-state index in [9.17, 15) is 0 Å². The van der Waals surface area contributed by atoms with Crippen LogP contribution in [0.4, 0.5) is 0 Å². The number of hydrogen-bond donors (Lipinski definition) is 0. The van der Waals surface area contributed by atoms with Crippen LogP contribution in [0.5, 0.6) is 0 Å². The molecule has 0 N–H and O–H groups in total. The van der Waals surface area contributed by atoms with Gasteiger partial charge in [0.1, 0.15) is 0 Å². The van der Waals surface area contributed by atoms with E-state index in [0.29, 0.717) is 0 Å². The van der Waals surface area contributed by atoms with Gasteiger partial charge < -0.3 is 0 Å². The van der Waals surface area contributed by atoms with Gasteiger partial charge in [-0.05, 0) is 0 Å². The van der Waals surface area contributed by atoms with Crippen molar-refractivity contribution in [2.75, 3.05) is 0 Å². The van der Waals surface area contributed by atoms with Crippen molar-refractivity contribution in [1.29, 1.82) is 0 Å². The van der Waals surface area contributed by atoms with Crippen LogP contribution in [0.3, 0.4) is 0 Å². The Labute approximate surface area is 188 Å². The molecule has 0 fully saturated rings. The van der Waals surface area contributed by atoms with Gasteiger partial charge in [-0.3, -0.25) is 0 Å². The Balaban J connectivity index is 1.81. The topological polar surface area (TPSA) is 0 Å². The number of rotatable bonds is 19. The van der Waals surface area contributed by atoms with Crippen molar-refractivity contribution in [3.63, 3.8) is 0 Å². The normalized spacial score (nSPS) is 14.1. The molecule has 0 aromatic carbocycles. The Morgan fingerprint density at radius 3 is 1.67 bits per heavy atom. The summed E-state index contributed by atoms with van der Waals surface area (Å²) in [6.45, 7) is 6.23. The third-order valence-corrected chi connectivity index (χ3v) is 7.22.